The first-order valence-electron chi connectivity index (χ1n) is 8.11. The molecule has 2 aromatic rings. The molecule has 0 saturated carbocycles. The number of hydrogen-bond donors (Lipinski definition) is 7. The average Bonchev–Trinajstić information content (AvgIpc) is 3.12. The van der Waals surface area contributed by atoms with E-state index in [0.717, 1.165) is 0 Å². The van der Waals surface area contributed by atoms with Crippen molar-refractivity contribution in [2.24, 2.45) is 0 Å². The number of halogens is 1. The zero-order valence-corrected chi connectivity index (χ0v) is 18.8. The molecule has 0 aliphatic carbocycles. The van der Waals surface area contributed by atoms with Crippen LogP contribution in [0.15, 0.2) is 6.33 Å². The van der Waals surface area contributed by atoms with Gasteiger partial charge in [0.05, 0.1) is 6.33 Å². The Morgan fingerprint density at radius 1 is 1.28 bits per heavy atom. The van der Waals surface area contributed by atoms with Crippen molar-refractivity contribution in [1.82, 2.24) is 19.5 Å². The Morgan fingerprint density at radius 2 is 1.94 bits per heavy atom. The van der Waals surface area contributed by atoms with E-state index in [0.29, 0.717) is 0 Å². The van der Waals surface area contributed by atoms with Crippen LogP contribution in [0.25, 0.3) is 11.2 Å². The number of nitrogens with two attached hydrogens (primary N) is 1. The van der Waals surface area contributed by atoms with Crippen molar-refractivity contribution in [2.45, 2.75) is 24.5 Å². The lowest BCUT2D eigenvalue weighted by atomic mass is 10.1. The first-order chi connectivity index (χ1) is 14.6. The molecule has 1 aliphatic rings. The number of anilines is 1. The van der Waals surface area contributed by atoms with Gasteiger partial charge in [0.1, 0.15) is 30.4 Å². The second-order valence-electron chi connectivity index (χ2n) is 6.23. The van der Waals surface area contributed by atoms with Crippen molar-refractivity contribution in [3.8, 4) is 0 Å². The predicted octanol–water partition coefficient (Wildman–Crippen LogP) is -1.24. The molecule has 0 amide bonds. The van der Waals surface area contributed by atoms with Crippen molar-refractivity contribution in [2.75, 3.05) is 12.3 Å². The highest BCUT2D eigenvalue weighted by Crippen LogP contribution is 2.69. The monoisotopic (exact) mass is 536 g/mol. The number of fused-ring (bicyclic) bond motifs is 1. The van der Waals surface area contributed by atoms with Gasteiger partial charge in [-0.3, -0.25) is 9.46 Å². The van der Waals surface area contributed by atoms with E-state index < -0.39 is 54.6 Å². The third-order valence-corrected chi connectivity index (χ3v) is 8.01. The maximum absolute atomic E-state index is 11.5. The highest BCUT2D eigenvalue weighted by Gasteiger charge is 2.50. The van der Waals surface area contributed by atoms with Crippen LogP contribution < -0.4 is 5.73 Å². The molecule has 6 atom stereocenters. The Balaban J connectivity index is 1.71. The fourth-order valence-corrected chi connectivity index (χ4v) is 6.06. The number of phosphoric acid groups is 2. The number of ether oxygens (including phenoxy) is 1. The van der Waals surface area contributed by atoms with Crippen molar-refractivity contribution in [3.63, 3.8) is 0 Å². The SMILES string of the molecule is [B][P+](O)(OC[C@H]1OC(n2cnc3c(N)nc(Cl)nc32)[C@H](O)[C@@H]1O)OP(=O)(O)OP(=O)(O)O. The van der Waals surface area contributed by atoms with E-state index in [1.54, 1.807) is 0 Å². The van der Waals surface area contributed by atoms with Gasteiger partial charge in [-0.15, -0.1) is 0 Å². The number of hydrogen-bond acceptors (Lipinski definition) is 13. The molecule has 0 spiro atoms. The van der Waals surface area contributed by atoms with Gasteiger partial charge in [-0.05, 0) is 11.6 Å². The van der Waals surface area contributed by atoms with Gasteiger partial charge in [-0.25, -0.2) is 19.0 Å². The molecular weight excluding hydrogens is 521 g/mol. The van der Waals surface area contributed by atoms with E-state index in [4.69, 9.17) is 43.9 Å². The van der Waals surface area contributed by atoms with Crippen LogP contribution in [-0.4, -0.2) is 81.8 Å². The van der Waals surface area contributed by atoms with Crippen LogP contribution in [-0.2, 0) is 27.0 Å². The van der Waals surface area contributed by atoms with Crippen molar-refractivity contribution >= 4 is 59.6 Å². The molecule has 17 nitrogen and oxygen atoms in total. The lowest BCUT2D eigenvalue weighted by Gasteiger charge is -2.19. The average molecular weight is 536 g/mol. The maximum Gasteiger partial charge on any atom is 0.518 e. The van der Waals surface area contributed by atoms with E-state index in [-0.39, 0.29) is 22.3 Å². The summed E-state index contributed by atoms with van der Waals surface area (Å²) in [6.07, 6.45) is -4.68. The topological polar surface area (TPSA) is 262 Å². The normalized spacial score (nSPS) is 28.0. The number of imidazole rings is 1. The van der Waals surface area contributed by atoms with Gasteiger partial charge in [0, 0.05) is 0 Å². The third kappa shape index (κ3) is 6.00. The summed E-state index contributed by atoms with van der Waals surface area (Å²) < 4.78 is 41.2. The molecule has 2 aromatic heterocycles. The fourth-order valence-electron chi connectivity index (χ4n) is 2.69. The molecule has 1 aliphatic heterocycles. The van der Waals surface area contributed by atoms with Crippen molar-refractivity contribution in [3.05, 3.63) is 11.6 Å². The summed E-state index contributed by atoms with van der Waals surface area (Å²) in [7, 11) is -10.5. The van der Waals surface area contributed by atoms with Gasteiger partial charge in [0.25, 0.3) is 0 Å². The summed E-state index contributed by atoms with van der Waals surface area (Å²) in [6, 6.07) is 0. The van der Waals surface area contributed by atoms with E-state index in [9.17, 15) is 29.1 Å². The van der Waals surface area contributed by atoms with Gasteiger partial charge >= 0.3 is 31.0 Å². The van der Waals surface area contributed by atoms with Crippen molar-refractivity contribution < 1.29 is 56.8 Å². The Hall–Kier alpha value is -0.805. The number of rotatable bonds is 8. The van der Waals surface area contributed by atoms with Crippen LogP contribution >= 0.6 is 35.1 Å². The lowest BCUT2D eigenvalue weighted by molar-refractivity contribution is -0.0489. The summed E-state index contributed by atoms with van der Waals surface area (Å²) in [4.78, 5) is 47.8. The van der Waals surface area contributed by atoms with Crippen LogP contribution in [0.3, 0.4) is 0 Å². The molecule has 176 valence electrons. The quantitative estimate of drug-likeness (QED) is 0.118. The molecule has 2 radical (unpaired) electrons. The largest absolute Gasteiger partial charge is 0.518 e. The molecular formula is C10H15BClN5O12P3+. The molecule has 1 fully saturated rings. The highest BCUT2D eigenvalue weighted by atomic mass is 35.5. The zero-order valence-electron chi connectivity index (χ0n) is 15.4. The van der Waals surface area contributed by atoms with Crippen LogP contribution in [0, 0.1) is 0 Å². The summed E-state index contributed by atoms with van der Waals surface area (Å²) in [5.41, 5.74) is 5.91. The standard InChI is InChI=1S/C10H15BClN5O12P3/c11-30(20,28-32(24,25)29-31(21,22)23)26-1-3-5(18)6(19)9(27-3)17-2-14-4-7(13)15-10(12)16-8(4)17/h2-3,5-6,9,18-20H,1H2,(H,24,25)(H2,13,15,16)(H2,21,22,23)/q+1/t3-,5-,6-,9?,30?/m1/s1. The van der Waals surface area contributed by atoms with Crippen LogP contribution in [0.4, 0.5) is 5.82 Å². The molecule has 8 N–H and O–H groups in total. The Kier molecular flexibility index (Phi) is 7.34. The maximum atomic E-state index is 11.5. The van der Waals surface area contributed by atoms with E-state index in [1.165, 1.54) is 10.9 Å². The minimum atomic E-state index is -5.53. The molecule has 32 heavy (non-hydrogen) atoms. The second kappa shape index (κ2) is 9.10. The number of nitrogens with zero attached hydrogens (tertiary/aromatic N) is 4. The summed E-state index contributed by atoms with van der Waals surface area (Å²) >= 11 is 5.78. The molecule has 3 heterocycles. The molecule has 0 bridgehead atoms. The molecule has 1 saturated heterocycles. The fraction of sp³-hybridized carbons (Fsp3) is 0.500. The predicted molar refractivity (Wildman–Crippen MR) is 106 cm³/mol. The summed E-state index contributed by atoms with van der Waals surface area (Å²) in [5.74, 6) is -0.0484. The van der Waals surface area contributed by atoms with E-state index in [2.05, 4.69) is 23.6 Å². The highest BCUT2D eigenvalue weighted by molar-refractivity contribution is 7.89. The van der Waals surface area contributed by atoms with E-state index >= 15 is 0 Å². The first-order valence-corrected chi connectivity index (χ1v) is 13.2. The van der Waals surface area contributed by atoms with Gasteiger partial charge in [0.2, 0.25) is 5.28 Å². The van der Waals surface area contributed by atoms with Gasteiger partial charge < -0.3 is 30.5 Å². The third-order valence-electron chi connectivity index (χ3n) is 3.89. The number of nitrogen functional groups attached to an aromatic ring is 1. The van der Waals surface area contributed by atoms with Gasteiger partial charge in [0.15, 0.2) is 17.7 Å². The van der Waals surface area contributed by atoms with Crippen LogP contribution in [0.1, 0.15) is 6.23 Å². The van der Waals surface area contributed by atoms with Gasteiger partial charge in [-0.2, -0.15) is 18.8 Å². The number of aliphatic hydroxyl groups is 2. The lowest BCUT2D eigenvalue weighted by Crippen LogP contribution is -2.33. The Labute approximate surface area is 184 Å². The Morgan fingerprint density at radius 3 is 2.56 bits per heavy atom. The van der Waals surface area contributed by atoms with Crippen molar-refractivity contribution in [1.29, 1.82) is 0 Å². The second-order valence-corrected chi connectivity index (χ2v) is 11.2. The van der Waals surface area contributed by atoms with Gasteiger partial charge in [-0.1, -0.05) is 4.31 Å². The van der Waals surface area contributed by atoms with E-state index in [1.807, 2.05) is 0 Å². The molecule has 22 heteroatoms. The smallest absolute Gasteiger partial charge is 0.387 e. The minimum Gasteiger partial charge on any atom is -0.387 e. The van der Waals surface area contributed by atoms with Crippen LogP contribution in [0.2, 0.25) is 5.28 Å². The summed E-state index contributed by atoms with van der Waals surface area (Å²) in [5, 5.41) is 20.4. The molecule has 0 aromatic carbocycles. The molecule has 3 unspecified atom stereocenters. The number of aromatic nitrogens is 4. The summed E-state index contributed by atoms with van der Waals surface area (Å²) in [6.45, 7) is -0.796. The number of aliphatic hydroxyl groups excluding tert-OH is 2. The zero-order chi connectivity index (χ0) is 24.1. The minimum absolute atomic E-state index is 0.0484. The first kappa shape index (κ1) is 25.8. The molecule has 3 rings (SSSR count). The van der Waals surface area contributed by atoms with Crippen LogP contribution in [0.5, 0.6) is 0 Å². The Bertz CT molecular complexity index is 1100.